The molecule has 2 aliphatic rings. The third-order valence-electron chi connectivity index (χ3n) is 4.24. The zero-order chi connectivity index (χ0) is 14.2. The van der Waals surface area contributed by atoms with Crippen LogP contribution in [0.4, 0.5) is 0 Å². The molecular weight excluding hydrogens is 264 g/mol. The van der Waals surface area contributed by atoms with Gasteiger partial charge in [0.25, 0.3) is 5.56 Å². The summed E-state index contributed by atoms with van der Waals surface area (Å²) in [6.07, 6.45) is 6.99. The van der Waals surface area contributed by atoms with Crippen molar-refractivity contribution in [2.45, 2.75) is 44.4 Å². The van der Waals surface area contributed by atoms with Gasteiger partial charge in [0.2, 0.25) is 5.88 Å². The van der Waals surface area contributed by atoms with Crippen LogP contribution >= 0.6 is 0 Å². The van der Waals surface area contributed by atoms with Crippen LogP contribution in [0.3, 0.4) is 0 Å². The number of aryl methyl sites for hydroxylation is 2. The van der Waals surface area contributed by atoms with Crippen LogP contribution in [0.15, 0.2) is 29.1 Å². The molecule has 4 heteroatoms. The van der Waals surface area contributed by atoms with E-state index < -0.39 is 0 Å². The molecule has 108 valence electrons. The van der Waals surface area contributed by atoms with E-state index in [1.807, 2.05) is 6.07 Å². The van der Waals surface area contributed by atoms with Crippen molar-refractivity contribution < 1.29 is 4.74 Å². The van der Waals surface area contributed by atoms with Gasteiger partial charge in [0.1, 0.15) is 11.6 Å². The fourth-order valence-corrected chi connectivity index (χ4v) is 2.95. The number of benzene rings is 1. The van der Waals surface area contributed by atoms with Crippen LogP contribution in [0.1, 0.15) is 48.6 Å². The van der Waals surface area contributed by atoms with Gasteiger partial charge in [0.15, 0.2) is 0 Å². The van der Waals surface area contributed by atoms with Gasteiger partial charge < -0.3 is 9.72 Å². The van der Waals surface area contributed by atoms with E-state index in [1.165, 1.54) is 30.0 Å². The smallest absolute Gasteiger partial charge is 0.254 e. The van der Waals surface area contributed by atoms with E-state index in [4.69, 9.17) is 4.74 Å². The summed E-state index contributed by atoms with van der Waals surface area (Å²) in [6, 6.07) is 7.63. The zero-order valence-corrected chi connectivity index (χ0v) is 11.9. The maximum atomic E-state index is 11.7. The molecule has 0 atom stereocenters. The lowest BCUT2D eigenvalue weighted by Gasteiger charge is -2.16. The van der Waals surface area contributed by atoms with Crippen molar-refractivity contribution in [3.05, 3.63) is 51.6 Å². The average molecular weight is 282 g/mol. The number of aromatic amines is 1. The largest absolute Gasteiger partial charge is 0.439 e. The predicted octanol–water partition coefficient (Wildman–Crippen LogP) is 3.32. The van der Waals surface area contributed by atoms with E-state index in [-0.39, 0.29) is 5.56 Å². The van der Waals surface area contributed by atoms with Crippen molar-refractivity contribution in [1.29, 1.82) is 0 Å². The number of aromatic nitrogens is 2. The number of rotatable bonds is 3. The molecule has 2 aromatic rings. The molecule has 1 N–H and O–H groups in total. The Morgan fingerprint density at radius 3 is 2.71 bits per heavy atom. The first-order chi connectivity index (χ1) is 10.3. The Morgan fingerprint density at radius 2 is 1.90 bits per heavy atom. The third kappa shape index (κ3) is 2.71. The average Bonchev–Trinajstić information content (AvgIpc) is 3.31. The van der Waals surface area contributed by atoms with Gasteiger partial charge in [-0.25, -0.2) is 0 Å². The molecule has 1 aromatic carbocycles. The monoisotopic (exact) mass is 282 g/mol. The molecule has 2 aliphatic carbocycles. The van der Waals surface area contributed by atoms with Crippen molar-refractivity contribution in [2.24, 2.45) is 0 Å². The first-order valence-corrected chi connectivity index (χ1v) is 7.69. The molecule has 0 aliphatic heterocycles. The minimum absolute atomic E-state index is 0.139. The highest BCUT2D eigenvalue weighted by Crippen LogP contribution is 2.38. The number of fused-ring (bicyclic) bond motifs is 1. The number of H-pyrrole nitrogens is 1. The summed E-state index contributed by atoms with van der Waals surface area (Å²) in [5.74, 6) is 2.34. The van der Waals surface area contributed by atoms with Crippen LogP contribution < -0.4 is 10.3 Å². The standard InChI is InChI=1S/C17H18N2O2/c20-15-10-16(19-17(18-15)12-5-6-12)21-14-8-7-11-3-1-2-4-13(11)9-14/h7-10,12H,1-6H2,(H,18,19,20). The van der Waals surface area contributed by atoms with Crippen LogP contribution in [0.5, 0.6) is 11.6 Å². The van der Waals surface area contributed by atoms with Crippen LogP contribution in [-0.2, 0) is 12.8 Å². The van der Waals surface area contributed by atoms with Crippen molar-refractivity contribution in [3.63, 3.8) is 0 Å². The van der Waals surface area contributed by atoms with Gasteiger partial charge in [0, 0.05) is 5.92 Å². The summed E-state index contributed by atoms with van der Waals surface area (Å²) in [5, 5.41) is 0. The molecule has 4 rings (SSSR count). The molecule has 1 saturated carbocycles. The third-order valence-corrected chi connectivity index (χ3v) is 4.24. The van der Waals surface area contributed by atoms with Crippen LogP contribution in [0.2, 0.25) is 0 Å². The van der Waals surface area contributed by atoms with E-state index in [2.05, 4.69) is 22.1 Å². The fourth-order valence-electron chi connectivity index (χ4n) is 2.95. The molecule has 0 radical (unpaired) electrons. The van der Waals surface area contributed by atoms with Crippen LogP contribution in [0.25, 0.3) is 0 Å². The topological polar surface area (TPSA) is 55.0 Å². The van der Waals surface area contributed by atoms with E-state index in [9.17, 15) is 4.79 Å². The molecule has 4 nitrogen and oxygen atoms in total. The Kier molecular flexibility index (Phi) is 3.02. The highest BCUT2D eigenvalue weighted by atomic mass is 16.5. The second-order valence-electron chi connectivity index (χ2n) is 5.98. The first-order valence-electron chi connectivity index (χ1n) is 7.69. The Labute approximate surface area is 123 Å². The maximum absolute atomic E-state index is 11.7. The lowest BCUT2D eigenvalue weighted by molar-refractivity contribution is 0.456. The zero-order valence-electron chi connectivity index (χ0n) is 11.9. The van der Waals surface area contributed by atoms with E-state index in [0.717, 1.165) is 37.3 Å². The number of hydrogen-bond acceptors (Lipinski definition) is 3. The second-order valence-corrected chi connectivity index (χ2v) is 5.98. The lowest BCUT2D eigenvalue weighted by Crippen LogP contribution is -2.10. The molecule has 0 amide bonds. The van der Waals surface area contributed by atoms with Crippen molar-refractivity contribution in [2.75, 3.05) is 0 Å². The molecule has 1 heterocycles. The quantitative estimate of drug-likeness (QED) is 0.939. The summed E-state index contributed by atoms with van der Waals surface area (Å²) in [6.45, 7) is 0. The number of nitrogens with one attached hydrogen (secondary N) is 1. The van der Waals surface area contributed by atoms with Gasteiger partial charge in [0.05, 0.1) is 6.07 Å². The predicted molar refractivity (Wildman–Crippen MR) is 80.0 cm³/mol. The maximum Gasteiger partial charge on any atom is 0.254 e. The van der Waals surface area contributed by atoms with Crippen LogP contribution in [0, 0.1) is 0 Å². The molecule has 1 fully saturated rings. The van der Waals surface area contributed by atoms with Crippen molar-refractivity contribution >= 4 is 0 Å². The SMILES string of the molecule is O=c1cc(Oc2ccc3c(c2)CCCC3)nc(C2CC2)[nH]1. The summed E-state index contributed by atoms with van der Waals surface area (Å²) in [7, 11) is 0. The number of nitrogens with zero attached hydrogens (tertiary/aromatic N) is 1. The van der Waals surface area contributed by atoms with Gasteiger partial charge in [-0.1, -0.05) is 6.07 Å². The number of ether oxygens (including phenoxy) is 1. The van der Waals surface area contributed by atoms with Gasteiger partial charge in [-0.05, 0) is 61.8 Å². The first kappa shape index (κ1) is 12.6. The van der Waals surface area contributed by atoms with E-state index in [0.29, 0.717) is 11.8 Å². The summed E-state index contributed by atoms with van der Waals surface area (Å²) >= 11 is 0. The summed E-state index contributed by atoms with van der Waals surface area (Å²) in [5.41, 5.74) is 2.65. The Balaban J connectivity index is 1.62. The fraction of sp³-hybridized carbons (Fsp3) is 0.412. The van der Waals surface area contributed by atoms with Crippen molar-refractivity contribution in [3.8, 4) is 11.6 Å². The highest BCUT2D eigenvalue weighted by molar-refractivity contribution is 5.38. The molecule has 0 bridgehead atoms. The van der Waals surface area contributed by atoms with E-state index >= 15 is 0 Å². The molecule has 1 aromatic heterocycles. The second kappa shape index (κ2) is 5.02. The Hall–Kier alpha value is -2.10. The molecular formula is C17H18N2O2. The highest BCUT2D eigenvalue weighted by Gasteiger charge is 2.26. The minimum Gasteiger partial charge on any atom is -0.439 e. The van der Waals surface area contributed by atoms with Gasteiger partial charge in [-0.15, -0.1) is 0 Å². The summed E-state index contributed by atoms with van der Waals surface area (Å²) in [4.78, 5) is 18.9. The van der Waals surface area contributed by atoms with Gasteiger partial charge in [-0.2, -0.15) is 4.98 Å². The Bertz CT molecular complexity index is 732. The van der Waals surface area contributed by atoms with Crippen LogP contribution in [-0.4, -0.2) is 9.97 Å². The van der Waals surface area contributed by atoms with Gasteiger partial charge in [-0.3, -0.25) is 4.79 Å². The lowest BCUT2D eigenvalue weighted by atomic mass is 9.92. The molecule has 21 heavy (non-hydrogen) atoms. The minimum atomic E-state index is -0.139. The summed E-state index contributed by atoms with van der Waals surface area (Å²) < 4.78 is 5.81. The van der Waals surface area contributed by atoms with Crippen molar-refractivity contribution in [1.82, 2.24) is 9.97 Å². The normalized spacial score (nSPS) is 17.3. The van der Waals surface area contributed by atoms with E-state index in [1.54, 1.807) is 0 Å². The Morgan fingerprint density at radius 1 is 1.10 bits per heavy atom. The number of hydrogen-bond donors (Lipinski definition) is 1. The van der Waals surface area contributed by atoms with Gasteiger partial charge >= 0.3 is 0 Å². The molecule has 0 saturated heterocycles. The molecule has 0 unspecified atom stereocenters. The molecule has 0 spiro atoms.